The lowest BCUT2D eigenvalue weighted by atomic mass is 9.97. The van der Waals surface area contributed by atoms with Crippen molar-refractivity contribution in [2.24, 2.45) is 5.92 Å². The van der Waals surface area contributed by atoms with Gasteiger partial charge in [0.2, 0.25) is 5.52 Å². The zero-order valence-corrected chi connectivity index (χ0v) is 12.6. The number of carbonyl (C=O) groups is 1. The minimum absolute atomic E-state index is 0.116. The highest BCUT2D eigenvalue weighted by molar-refractivity contribution is 5.94. The Balaban J connectivity index is 1.91. The molecule has 1 atom stereocenters. The third-order valence-corrected chi connectivity index (χ3v) is 3.95. The van der Waals surface area contributed by atoms with Gasteiger partial charge in [-0.15, -0.1) is 0 Å². The molecule has 9 nitrogen and oxygen atoms in total. The maximum atomic E-state index is 11.9. The number of nitro benzene ring substituents is 1. The van der Waals surface area contributed by atoms with E-state index in [0.29, 0.717) is 24.4 Å². The Kier molecular flexibility index (Phi) is 4.09. The van der Waals surface area contributed by atoms with Crippen molar-refractivity contribution >= 4 is 28.4 Å². The van der Waals surface area contributed by atoms with Crippen LogP contribution in [0.15, 0.2) is 16.8 Å². The molecule has 0 radical (unpaired) electrons. The standard InChI is InChI=1S/C14H16N4O5/c1-2-22-14(19)9-4-3-7-17(8-9)10-5-6-11(18(20)21)13-12(10)15-23-16-13/h5-6,9H,2-4,7-8H2,1H3/t9-/m1/s1. The molecule has 122 valence electrons. The molecule has 1 aliphatic heterocycles. The van der Waals surface area contributed by atoms with E-state index in [1.54, 1.807) is 13.0 Å². The van der Waals surface area contributed by atoms with Gasteiger partial charge in [0, 0.05) is 19.2 Å². The molecule has 23 heavy (non-hydrogen) atoms. The molecule has 0 saturated carbocycles. The summed E-state index contributed by atoms with van der Waals surface area (Å²) in [5.74, 6) is -0.428. The summed E-state index contributed by atoms with van der Waals surface area (Å²) in [5.41, 5.74) is 0.985. The third-order valence-electron chi connectivity index (χ3n) is 3.95. The fourth-order valence-corrected chi connectivity index (χ4v) is 2.89. The second-order valence-corrected chi connectivity index (χ2v) is 5.36. The van der Waals surface area contributed by atoms with Gasteiger partial charge in [-0.25, -0.2) is 4.63 Å². The largest absolute Gasteiger partial charge is 0.466 e. The summed E-state index contributed by atoms with van der Waals surface area (Å²) in [5, 5.41) is 18.5. The van der Waals surface area contributed by atoms with Gasteiger partial charge in [-0.2, -0.15) is 0 Å². The number of hydrogen-bond acceptors (Lipinski definition) is 8. The molecule has 1 aliphatic rings. The van der Waals surface area contributed by atoms with E-state index in [4.69, 9.17) is 4.74 Å². The van der Waals surface area contributed by atoms with Crippen LogP contribution in [0.3, 0.4) is 0 Å². The molecule has 0 unspecified atom stereocenters. The zero-order chi connectivity index (χ0) is 16.4. The van der Waals surface area contributed by atoms with Gasteiger partial charge in [0.1, 0.15) is 0 Å². The molecule has 1 fully saturated rings. The third kappa shape index (κ3) is 2.81. The topological polar surface area (TPSA) is 112 Å². The number of nitrogens with zero attached hydrogens (tertiary/aromatic N) is 4. The van der Waals surface area contributed by atoms with Gasteiger partial charge in [-0.3, -0.25) is 14.9 Å². The Hall–Kier alpha value is -2.71. The smallest absolute Gasteiger partial charge is 0.310 e. The van der Waals surface area contributed by atoms with Crippen LogP contribution in [-0.4, -0.2) is 40.9 Å². The number of esters is 1. The van der Waals surface area contributed by atoms with Crippen molar-refractivity contribution in [3.63, 3.8) is 0 Å². The molecule has 1 aromatic heterocycles. The van der Waals surface area contributed by atoms with Crippen LogP contribution in [0.1, 0.15) is 19.8 Å². The maximum Gasteiger partial charge on any atom is 0.310 e. The Labute approximate surface area is 131 Å². The minimum Gasteiger partial charge on any atom is -0.466 e. The molecule has 3 rings (SSSR count). The number of aromatic nitrogens is 2. The monoisotopic (exact) mass is 320 g/mol. The fraction of sp³-hybridized carbons (Fsp3) is 0.500. The highest BCUT2D eigenvalue weighted by atomic mass is 16.6. The van der Waals surface area contributed by atoms with Crippen molar-refractivity contribution < 1.29 is 19.1 Å². The number of anilines is 1. The zero-order valence-electron chi connectivity index (χ0n) is 12.6. The maximum absolute atomic E-state index is 11.9. The average molecular weight is 320 g/mol. The number of piperidine rings is 1. The summed E-state index contributed by atoms with van der Waals surface area (Å²) < 4.78 is 9.76. The molecule has 1 aromatic carbocycles. The lowest BCUT2D eigenvalue weighted by Crippen LogP contribution is -2.39. The van der Waals surface area contributed by atoms with Crippen LogP contribution < -0.4 is 4.90 Å². The fourth-order valence-electron chi connectivity index (χ4n) is 2.89. The van der Waals surface area contributed by atoms with Crippen LogP contribution >= 0.6 is 0 Å². The summed E-state index contributed by atoms with van der Waals surface area (Å²) in [4.78, 5) is 24.4. The van der Waals surface area contributed by atoms with E-state index in [0.717, 1.165) is 19.4 Å². The lowest BCUT2D eigenvalue weighted by molar-refractivity contribution is -0.383. The van der Waals surface area contributed by atoms with E-state index < -0.39 is 4.92 Å². The predicted octanol–water partition coefficient (Wildman–Crippen LogP) is 1.91. The predicted molar refractivity (Wildman–Crippen MR) is 80.0 cm³/mol. The highest BCUT2D eigenvalue weighted by Gasteiger charge is 2.29. The minimum atomic E-state index is -0.520. The molecule has 2 aromatic rings. The van der Waals surface area contributed by atoms with Crippen LogP contribution in [-0.2, 0) is 9.53 Å². The van der Waals surface area contributed by atoms with E-state index in [1.165, 1.54) is 6.07 Å². The number of carbonyl (C=O) groups excluding carboxylic acids is 1. The van der Waals surface area contributed by atoms with Crippen LogP contribution in [0.4, 0.5) is 11.4 Å². The van der Waals surface area contributed by atoms with Crippen molar-refractivity contribution in [2.75, 3.05) is 24.6 Å². The van der Waals surface area contributed by atoms with Crippen LogP contribution in [0.2, 0.25) is 0 Å². The molecule has 0 N–H and O–H groups in total. The number of hydrogen-bond donors (Lipinski definition) is 0. The summed E-state index contributed by atoms with van der Waals surface area (Å²) in [7, 11) is 0. The van der Waals surface area contributed by atoms with Crippen LogP contribution in [0.5, 0.6) is 0 Å². The number of fused-ring (bicyclic) bond motifs is 1. The quantitative estimate of drug-likeness (QED) is 0.477. The molecular weight excluding hydrogens is 304 g/mol. The molecule has 9 heteroatoms. The Morgan fingerprint density at radius 2 is 2.26 bits per heavy atom. The first-order chi connectivity index (χ1) is 11.1. The van der Waals surface area contributed by atoms with E-state index in [9.17, 15) is 14.9 Å². The van der Waals surface area contributed by atoms with E-state index in [1.807, 2.05) is 4.90 Å². The first-order valence-corrected chi connectivity index (χ1v) is 7.43. The van der Waals surface area contributed by atoms with Gasteiger partial charge in [-0.05, 0) is 36.1 Å². The van der Waals surface area contributed by atoms with Gasteiger partial charge in [0.15, 0.2) is 5.52 Å². The van der Waals surface area contributed by atoms with Gasteiger partial charge in [-0.1, -0.05) is 0 Å². The van der Waals surface area contributed by atoms with Crippen molar-refractivity contribution in [1.82, 2.24) is 10.3 Å². The second-order valence-electron chi connectivity index (χ2n) is 5.36. The summed E-state index contributed by atoms with van der Waals surface area (Å²) in [6.45, 7) is 3.35. The molecular formula is C14H16N4O5. The van der Waals surface area contributed by atoms with Gasteiger partial charge in [0.25, 0.3) is 0 Å². The molecule has 0 bridgehead atoms. The number of non-ortho nitro benzene ring substituents is 1. The average Bonchev–Trinajstić information content (AvgIpc) is 3.03. The number of rotatable bonds is 4. The number of benzene rings is 1. The Bertz CT molecular complexity index is 744. The molecule has 0 amide bonds. The summed E-state index contributed by atoms with van der Waals surface area (Å²) in [6, 6.07) is 3.01. The number of nitro groups is 1. The first kappa shape index (κ1) is 15.2. The van der Waals surface area contributed by atoms with Crippen molar-refractivity contribution in [1.29, 1.82) is 0 Å². The Morgan fingerprint density at radius 1 is 1.48 bits per heavy atom. The summed E-state index contributed by atoms with van der Waals surface area (Å²) >= 11 is 0. The van der Waals surface area contributed by atoms with Crippen LogP contribution in [0, 0.1) is 16.0 Å². The van der Waals surface area contributed by atoms with Gasteiger partial charge in [0.05, 0.1) is 23.1 Å². The van der Waals surface area contributed by atoms with E-state index in [2.05, 4.69) is 14.9 Å². The van der Waals surface area contributed by atoms with Gasteiger partial charge < -0.3 is 9.64 Å². The van der Waals surface area contributed by atoms with Crippen molar-refractivity contribution in [2.45, 2.75) is 19.8 Å². The lowest BCUT2D eigenvalue weighted by Gasteiger charge is -2.33. The highest BCUT2D eigenvalue weighted by Crippen LogP contribution is 2.33. The van der Waals surface area contributed by atoms with Gasteiger partial charge >= 0.3 is 11.7 Å². The first-order valence-electron chi connectivity index (χ1n) is 7.43. The van der Waals surface area contributed by atoms with E-state index >= 15 is 0 Å². The van der Waals surface area contributed by atoms with Crippen molar-refractivity contribution in [3.8, 4) is 0 Å². The SMILES string of the molecule is CCOC(=O)[C@@H]1CCCN(c2ccc([N+](=O)[O-])c3nonc23)C1. The van der Waals surface area contributed by atoms with Crippen molar-refractivity contribution in [3.05, 3.63) is 22.2 Å². The molecule has 0 spiro atoms. The molecule has 2 heterocycles. The summed E-state index contributed by atoms with van der Waals surface area (Å²) in [6.07, 6.45) is 1.59. The molecule has 1 saturated heterocycles. The van der Waals surface area contributed by atoms with E-state index in [-0.39, 0.29) is 23.1 Å². The molecule has 0 aliphatic carbocycles. The number of ether oxygens (including phenoxy) is 1. The second kappa shape index (κ2) is 6.19. The normalized spacial score (nSPS) is 18.1. The van der Waals surface area contributed by atoms with Crippen LogP contribution in [0.25, 0.3) is 11.0 Å². The Morgan fingerprint density at radius 3 is 3.00 bits per heavy atom.